The molecule has 20 heavy (non-hydrogen) atoms. The molecule has 1 atom stereocenters. The lowest BCUT2D eigenvalue weighted by atomic mass is 10.2. The Hall–Kier alpha value is -1.58. The molecule has 5 heteroatoms. The highest BCUT2D eigenvalue weighted by atomic mass is 35.5. The van der Waals surface area contributed by atoms with Crippen molar-refractivity contribution in [2.75, 3.05) is 0 Å². The Morgan fingerprint density at radius 1 is 1.25 bits per heavy atom. The van der Waals surface area contributed by atoms with Crippen LogP contribution in [0.1, 0.15) is 23.7 Å². The van der Waals surface area contributed by atoms with Gasteiger partial charge in [-0.2, -0.15) is 0 Å². The van der Waals surface area contributed by atoms with E-state index in [1.807, 2.05) is 48.7 Å². The fourth-order valence-corrected chi connectivity index (χ4v) is 2.69. The third-order valence-corrected chi connectivity index (χ3v) is 3.64. The first-order valence-corrected chi connectivity index (χ1v) is 7.13. The van der Waals surface area contributed by atoms with Gasteiger partial charge >= 0.3 is 0 Å². The number of rotatable bonds is 2. The number of alkyl halides is 1. The zero-order valence-electron chi connectivity index (χ0n) is 11.1. The number of fused-ring (bicyclic) bond motifs is 1. The summed E-state index contributed by atoms with van der Waals surface area (Å²) in [6.07, 6.45) is 1.74. The molecule has 0 spiro atoms. The summed E-state index contributed by atoms with van der Waals surface area (Å²) in [6, 6.07) is 9.69. The Balaban J connectivity index is 2.36. The van der Waals surface area contributed by atoms with E-state index in [2.05, 4.69) is 9.97 Å². The van der Waals surface area contributed by atoms with Crippen LogP contribution >= 0.6 is 23.2 Å². The quantitative estimate of drug-likeness (QED) is 0.643. The summed E-state index contributed by atoms with van der Waals surface area (Å²) in [5.41, 5.74) is 3.53. The molecule has 0 aliphatic heterocycles. The van der Waals surface area contributed by atoms with Crippen LogP contribution in [0.25, 0.3) is 16.9 Å². The summed E-state index contributed by atoms with van der Waals surface area (Å²) in [7, 11) is 0. The first-order valence-electron chi connectivity index (χ1n) is 6.32. The molecule has 0 radical (unpaired) electrons. The van der Waals surface area contributed by atoms with Crippen LogP contribution in [0, 0.1) is 6.92 Å². The van der Waals surface area contributed by atoms with Crippen molar-refractivity contribution in [3.63, 3.8) is 0 Å². The number of nitrogens with zero attached hydrogens (tertiary/aromatic N) is 3. The first-order chi connectivity index (χ1) is 9.58. The monoisotopic (exact) mass is 305 g/mol. The van der Waals surface area contributed by atoms with Gasteiger partial charge in [-0.3, -0.25) is 4.57 Å². The number of benzene rings is 1. The second-order valence-electron chi connectivity index (χ2n) is 4.72. The molecule has 3 rings (SSSR count). The number of aryl methyl sites for hydroxylation is 1. The molecule has 102 valence electrons. The van der Waals surface area contributed by atoms with Crippen molar-refractivity contribution < 1.29 is 0 Å². The summed E-state index contributed by atoms with van der Waals surface area (Å²) in [6.45, 7) is 3.90. The van der Waals surface area contributed by atoms with Gasteiger partial charge in [0, 0.05) is 6.20 Å². The van der Waals surface area contributed by atoms with Gasteiger partial charge in [0.05, 0.1) is 16.1 Å². The third-order valence-electron chi connectivity index (χ3n) is 3.14. The molecule has 0 fully saturated rings. The van der Waals surface area contributed by atoms with E-state index in [4.69, 9.17) is 23.2 Å². The van der Waals surface area contributed by atoms with E-state index in [0.717, 1.165) is 28.2 Å². The van der Waals surface area contributed by atoms with Crippen molar-refractivity contribution in [1.82, 2.24) is 14.5 Å². The van der Waals surface area contributed by atoms with Crippen LogP contribution in [0.5, 0.6) is 0 Å². The van der Waals surface area contributed by atoms with Gasteiger partial charge in [0.1, 0.15) is 11.3 Å². The van der Waals surface area contributed by atoms with Crippen molar-refractivity contribution in [1.29, 1.82) is 0 Å². The fraction of sp³-hybridized carbons (Fsp3) is 0.200. The van der Waals surface area contributed by atoms with Crippen molar-refractivity contribution in [3.8, 4) is 5.69 Å². The van der Waals surface area contributed by atoms with Crippen molar-refractivity contribution in [2.24, 2.45) is 0 Å². The molecule has 3 aromatic rings. The maximum absolute atomic E-state index is 6.38. The molecule has 0 aliphatic rings. The van der Waals surface area contributed by atoms with Crippen LogP contribution in [-0.2, 0) is 0 Å². The molecule has 3 nitrogen and oxygen atoms in total. The Morgan fingerprint density at radius 3 is 2.75 bits per heavy atom. The number of aromatic nitrogens is 3. The van der Waals surface area contributed by atoms with Gasteiger partial charge < -0.3 is 0 Å². The Labute approximate surface area is 127 Å². The maximum Gasteiger partial charge on any atom is 0.164 e. The van der Waals surface area contributed by atoms with Crippen LogP contribution in [-0.4, -0.2) is 14.5 Å². The molecule has 0 saturated heterocycles. The zero-order chi connectivity index (χ0) is 14.3. The van der Waals surface area contributed by atoms with Crippen molar-refractivity contribution in [3.05, 3.63) is 52.9 Å². The predicted molar refractivity (Wildman–Crippen MR) is 82.9 cm³/mol. The highest BCUT2D eigenvalue weighted by molar-refractivity contribution is 6.32. The number of imidazole rings is 1. The van der Waals surface area contributed by atoms with E-state index in [-0.39, 0.29) is 5.38 Å². The van der Waals surface area contributed by atoms with E-state index >= 15 is 0 Å². The van der Waals surface area contributed by atoms with Gasteiger partial charge in [-0.05, 0) is 43.7 Å². The van der Waals surface area contributed by atoms with E-state index in [1.165, 1.54) is 0 Å². The first kappa shape index (κ1) is 13.4. The smallest absolute Gasteiger partial charge is 0.164 e. The number of hydrogen-bond donors (Lipinski definition) is 0. The SMILES string of the molecule is Cc1ccc(-n2c(C(C)Cl)nc3cccnc32)c(Cl)c1. The minimum atomic E-state index is -0.235. The zero-order valence-corrected chi connectivity index (χ0v) is 12.7. The standard InChI is InChI=1S/C15H13Cl2N3/c1-9-5-6-13(11(17)8-9)20-14(10(2)16)19-12-4-3-7-18-15(12)20/h3-8,10H,1-2H3. The largest absolute Gasteiger partial charge is 0.278 e. The molecule has 0 saturated carbocycles. The number of pyridine rings is 1. The molecule has 2 aromatic heterocycles. The minimum absolute atomic E-state index is 0.235. The minimum Gasteiger partial charge on any atom is -0.278 e. The van der Waals surface area contributed by atoms with Crippen LogP contribution < -0.4 is 0 Å². The van der Waals surface area contributed by atoms with Crippen LogP contribution in [0.15, 0.2) is 36.5 Å². The van der Waals surface area contributed by atoms with Gasteiger partial charge in [0.25, 0.3) is 0 Å². The fourth-order valence-electron chi connectivity index (χ4n) is 2.23. The molecule has 0 bridgehead atoms. The molecular formula is C15H13Cl2N3. The number of hydrogen-bond acceptors (Lipinski definition) is 2. The molecule has 0 N–H and O–H groups in total. The molecule has 2 heterocycles. The highest BCUT2D eigenvalue weighted by Crippen LogP contribution is 2.30. The second-order valence-corrected chi connectivity index (χ2v) is 5.78. The van der Waals surface area contributed by atoms with Crippen LogP contribution in [0.4, 0.5) is 0 Å². The van der Waals surface area contributed by atoms with Crippen LogP contribution in [0.3, 0.4) is 0 Å². The third kappa shape index (κ3) is 2.17. The molecule has 1 unspecified atom stereocenters. The Bertz CT molecular complexity index is 778. The molecule has 0 amide bonds. The molecule has 0 aliphatic carbocycles. The van der Waals surface area contributed by atoms with E-state index in [1.54, 1.807) is 6.20 Å². The normalized spacial score (nSPS) is 12.8. The topological polar surface area (TPSA) is 30.7 Å². The average molecular weight is 306 g/mol. The highest BCUT2D eigenvalue weighted by Gasteiger charge is 2.18. The Kier molecular flexibility index (Phi) is 3.40. The average Bonchev–Trinajstić information content (AvgIpc) is 2.78. The van der Waals surface area contributed by atoms with Gasteiger partial charge in [-0.25, -0.2) is 9.97 Å². The van der Waals surface area contributed by atoms with Crippen molar-refractivity contribution in [2.45, 2.75) is 19.2 Å². The summed E-state index contributed by atoms with van der Waals surface area (Å²) in [5, 5.41) is 0.426. The predicted octanol–water partition coefficient (Wildman–Crippen LogP) is 4.68. The summed E-state index contributed by atoms with van der Waals surface area (Å²) in [5.74, 6) is 0.742. The summed E-state index contributed by atoms with van der Waals surface area (Å²) >= 11 is 12.6. The van der Waals surface area contributed by atoms with Crippen LogP contribution in [0.2, 0.25) is 5.02 Å². The number of halogens is 2. The second kappa shape index (κ2) is 5.08. The van der Waals surface area contributed by atoms with Gasteiger partial charge in [-0.15, -0.1) is 11.6 Å². The van der Waals surface area contributed by atoms with Gasteiger partial charge in [0.2, 0.25) is 0 Å². The maximum atomic E-state index is 6.38. The van der Waals surface area contributed by atoms with Gasteiger partial charge in [-0.1, -0.05) is 17.7 Å². The van der Waals surface area contributed by atoms with Gasteiger partial charge in [0.15, 0.2) is 5.65 Å². The lowest BCUT2D eigenvalue weighted by Crippen LogP contribution is -2.03. The van der Waals surface area contributed by atoms with Crippen molar-refractivity contribution >= 4 is 34.4 Å². The summed E-state index contributed by atoms with van der Waals surface area (Å²) in [4.78, 5) is 8.97. The summed E-state index contributed by atoms with van der Waals surface area (Å²) < 4.78 is 1.93. The lowest BCUT2D eigenvalue weighted by molar-refractivity contribution is 0.877. The molecule has 1 aromatic carbocycles. The Morgan fingerprint density at radius 2 is 2.05 bits per heavy atom. The van der Waals surface area contributed by atoms with E-state index in [0.29, 0.717) is 5.02 Å². The lowest BCUT2D eigenvalue weighted by Gasteiger charge is -2.12. The van der Waals surface area contributed by atoms with E-state index < -0.39 is 0 Å². The molecular weight excluding hydrogens is 293 g/mol. The van der Waals surface area contributed by atoms with E-state index in [9.17, 15) is 0 Å².